The van der Waals surface area contributed by atoms with Gasteiger partial charge in [-0.15, -0.1) is 0 Å². The zero-order chi connectivity index (χ0) is 20.8. The van der Waals surface area contributed by atoms with Crippen LogP contribution in [0.5, 0.6) is 0 Å². The van der Waals surface area contributed by atoms with E-state index in [4.69, 9.17) is 0 Å². The number of hydrogen-bond donors (Lipinski definition) is 0. The molecule has 2 rings (SSSR count). The molecule has 0 unspecified atom stereocenters. The lowest BCUT2D eigenvalue weighted by Crippen LogP contribution is -2.24. The normalized spacial score (nSPS) is 10.0. The third kappa shape index (κ3) is 4.94. The van der Waals surface area contributed by atoms with Gasteiger partial charge < -0.3 is 9.80 Å². The Labute approximate surface area is 162 Å². The molecular formula is C20H20N2O6. The molecule has 0 atom stereocenters. The first kappa shape index (κ1) is 20.6. The Bertz CT molecular complexity index is 810. The largest absolute Gasteiger partial charge is 0.426 e. The molecule has 146 valence electrons. The summed E-state index contributed by atoms with van der Waals surface area (Å²) in [5.41, 5.74) is 1.80. The number of hydrogen-bond acceptors (Lipinski definition) is 8. The summed E-state index contributed by atoms with van der Waals surface area (Å²) in [4.78, 5) is 59.7. The number of carbonyl (C=O) groups excluding carboxylic acids is 4. The second kappa shape index (κ2) is 8.81. The summed E-state index contributed by atoms with van der Waals surface area (Å²) < 4.78 is 0. The molecule has 2 aromatic rings. The van der Waals surface area contributed by atoms with Gasteiger partial charge in [-0.05, 0) is 48.5 Å². The number of rotatable bonds is 6. The summed E-state index contributed by atoms with van der Waals surface area (Å²) >= 11 is 0. The van der Waals surface area contributed by atoms with E-state index in [1.54, 1.807) is 24.3 Å². The van der Waals surface area contributed by atoms with Crippen LogP contribution >= 0.6 is 0 Å². The predicted octanol–water partition coefficient (Wildman–Crippen LogP) is 1.89. The van der Waals surface area contributed by atoms with Crippen LogP contribution in [0.4, 0.5) is 11.4 Å². The summed E-state index contributed by atoms with van der Waals surface area (Å²) in [6.07, 6.45) is 0. The van der Waals surface area contributed by atoms with E-state index in [9.17, 15) is 19.2 Å². The van der Waals surface area contributed by atoms with Crippen molar-refractivity contribution in [2.24, 2.45) is 0 Å². The molecule has 8 heteroatoms. The Hall–Kier alpha value is -3.68. The average Bonchev–Trinajstić information content (AvgIpc) is 2.70. The Kier molecular flexibility index (Phi) is 6.49. The highest BCUT2D eigenvalue weighted by Gasteiger charge is 2.25. The standard InChI is InChI=1S/C20H20N2O6/c1-21(2)15-9-5-13(6-10-15)17(23)19(25)27-28-20(26)18(24)14-7-11-16(12-8-14)22(3)4/h5-12H,1-4H3. The maximum absolute atomic E-state index is 12.0. The molecule has 0 radical (unpaired) electrons. The first-order valence-corrected chi connectivity index (χ1v) is 8.27. The predicted molar refractivity (Wildman–Crippen MR) is 102 cm³/mol. The summed E-state index contributed by atoms with van der Waals surface area (Å²) in [5, 5.41) is 0. The highest BCUT2D eigenvalue weighted by molar-refractivity contribution is 6.42. The van der Waals surface area contributed by atoms with Crippen LogP contribution < -0.4 is 9.80 Å². The third-order valence-electron chi connectivity index (χ3n) is 3.86. The van der Waals surface area contributed by atoms with Crippen molar-refractivity contribution >= 4 is 34.9 Å². The second-order valence-electron chi connectivity index (χ2n) is 6.28. The van der Waals surface area contributed by atoms with Gasteiger partial charge in [-0.25, -0.2) is 19.4 Å². The smallest absolute Gasteiger partial charge is 0.378 e. The van der Waals surface area contributed by atoms with Crippen LogP contribution in [0.15, 0.2) is 48.5 Å². The molecule has 0 saturated carbocycles. The molecule has 0 heterocycles. The fraction of sp³-hybridized carbons (Fsp3) is 0.200. The van der Waals surface area contributed by atoms with E-state index in [2.05, 4.69) is 9.78 Å². The van der Waals surface area contributed by atoms with Gasteiger partial charge in [-0.1, -0.05) is 0 Å². The van der Waals surface area contributed by atoms with Crippen molar-refractivity contribution in [3.63, 3.8) is 0 Å². The zero-order valence-electron chi connectivity index (χ0n) is 16.0. The Morgan fingerprint density at radius 1 is 0.571 bits per heavy atom. The maximum Gasteiger partial charge on any atom is 0.426 e. The number of ketones is 2. The van der Waals surface area contributed by atoms with Crippen molar-refractivity contribution in [1.82, 2.24) is 0 Å². The number of Topliss-reactive ketones (excluding diaryl/α,β-unsaturated/α-hetero) is 2. The Morgan fingerprint density at radius 2 is 0.857 bits per heavy atom. The first-order valence-electron chi connectivity index (χ1n) is 8.27. The van der Waals surface area contributed by atoms with Gasteiger partial charge in [0.05, 0.1) is 0 Å². The zero-order valence-corrected chi connectivity index (χ0v) is 16.0. The minimum atomic E-state index is -1.40. The van der Waals surface area contributed by atoms with Crippen LogP contribution in [-0.2, 0) is 19.4 Å². The van der Waals surface area contributed by atoms with Gasteiger partial charge in [0, 0.05) is 50.7 Å². The number of nitrogens with zero attached hydrogens (tertiary/aromatic N) is 2. The van der Waals surface area contributed by atoms with Crippen LogP contribution in [-0.4, -0.2) is 51.7 Å². The number of benzene rings is 2. The van der Waals surface area contributed by atoms with Crippen LogP contribution in [0.2, 0.25) is 0 Å². The van der Waals surface area contributed by atoms with Gasteiger partial charge in [-0.2, -0.15) is 0 Å². The van der Waals surface area contributed by atoms with Gasteiger partial charge in [-0.3, -0.25) is 9.59 Å². The number of anilines is 2. The molecule has 0 aliphatic rings. The summed E-state index contributed by atoms with van der Waals surface area (Å²) in [5.74, 6) is -4.80. The molecule has 0 spiro atoms. The molecule has 0 aliphatic carbocycles. The Morgan fingerprint density at radius 3 is 1.11 bits per heavy atom. The molecule has 0 amide bonds. The van der Waals surface area contributed by atoms with Crippen LogP contribution in [0, 0.1) is 0 Å². The summed E-state index contributed by atoms with van der Waals surface area (Å²) in [6, 6.07) is 12.4. The molecule has 0 saturated heterocycles. The van der Waals surface area contributed by atoms with Gasteiger partial charge in [0.25, 0.3) is 11.6 Å². The topological polar surface area (TPSA) is 93.2 Å². The molecule has 0 aliphatic heterocycles. The van der Waals surface area contributed by atoms with Crippen molar-refractivity contribution in [2.75, 3.05) is 38.0 Å². The van der Waals surface area contributed by atoms with Crippen molar-refractivity contribution in [3.05, 3.63) is 59.7 Å². The van der Waals surface area contributed by atoms with Crippen molar-refractivity contribution in [2.45, 2.75) is 0 Å². The second-order valence-corrected chi connectivity index (χ2v) is 6.28. The van der Waals surface area contributed by atoms with Crippen molar-refractivity contribution in [1.29, 1.82) is 0 Å². The fourth-order valence-corrected chi connectivity index (χ4v) is 2.21. The minimum absolute atomic E-state index is 0.0669. The van der Waals surface area contributed by atoms with Crippen LogP contribution in [0.25, 0.3) is 0 Å². The van der Waals surface area contributed by atoms with E-state index in [0.717, 1.165) is 11.4 Å². The van der Waals surface area contributed by atoms with Crippen molar-refractivity contribution < 1.29 is 29.0 Å². The van der Waals surface area contributed by atoms with Gasteiger partial charge >= 0.3 is 11.9 Å². The molecular weight excluding hydrogens is 364 g/mol. The van der Waals surface area contributed by atoms with E-state index >= 15 is 0 Å². The molecule has 28 heavy (non-hydrogen) atoms. The minimum Gasteiger partial charge on any atom is -0.378 e. The molecule has 8 nitrogen and oxygen atoms in total. The van der Waals surface area contributed by atoms with Crippen molar-refractivity contribution in [3.8, 4) is 0 Å². The molecule has 0 aromatic heterocycles. The quantitative estimate of drug-likeness (QED) is 0.323. The van der Waals surface area contributed by atoms with E-state index in [0.29, 0.717) is 0 Å². The lowest BCUT2D eigenvalue weighted by Gasteiger charge is -2.12. The average molecular weight is 384 g/mol. The summed E-state index contributed by atoms with van der Waals surface area (Å²) in [6.45, 7) is 0. The van der Waals surface area contributed by atoms with E-state index in [1.807, 2.05) is 38.0 Å². The fourth-order valence-electron chi connectivity index (χ4n) is 2.21. The molecule has 0 bridgehead atoms. The highest BCUT2D eigenvalue weighted by Crippen LogP contribution is 2.14. The molecule has 0 N–H and O–H groups in total. The lowest BCUT2D eigenvalue weighted by molar-refractivity contribution is -0.249. The van der Waals surface area contributed by atoms with E-state index < -0.39 is 23.5 Å². The first-order chi connectivity index (χ1) is 13.2. The lowest BCUT2D eigenvalue weighted by atomic mass is 10.1. The highest BCUT2D eigenvalue weighted by atomic mass is 17.2. The van der Waals surface area contributed by atoms with Crippen LogP contribution in [0.3, 0.4) is 0 Å². The van der Waals surface area contributed by atoms with Gasteiger partial charge in [0.1, 0.15) is 0 Å². The Balaban J connectivity index is 1.94. The number of carbonyl (C=O) groups is 4. The monoisotopic (exact) mass is 384 g/mol. The van der Waals surface area contributed by atoms with E-state index in [1.165, 1.54) is 24.3 Å². The third-order valence-corrected chi connectivity index (χ3v) is 3.86. The SMILES string of the molecule is CN(C)c1ccc(C(=O)C(=O)OOC(=O)C(=O)c2ccc(N(C)C)cc2)cc1. The molecule has 0 fully saturated rings. The van der Waals surface area contributed by atoms with Gasteiger partial charge in [0.15, 0.2) is 0 Å². The van der Waals surface area contributed by atoms with Gasteiger partial charge in [0.2, 0.25) is 0 Å². The maximum atomic E-state index is 12.0. The summed E-state index contributed by atoms with van der Waals surface area (Å²) in [7, 11) is 7.32. The van der Waals surface area contributed by atoms with E-state index in [-0.39, 0.29) is 11.1 Å². The molecule has 2 aromatic carbocycles. The van der Waals surface area contributed by atoms with Crippen LogP contribution in [0.1, 0.15) is 20.7 Å².